The minimum Gasteiger partial charge on any atom is -0.375 e. The third-order valence-electron chi connectivity index (χ3n) is 1.15. The maximum absolute atomic E-state index is 12.6. The Bertz CT molecular complexity index is 290. The summed E-state index contributed by atoms with van der Waals surface area (Å²) in [4.78, 5) is 0. The molecule has 1 aromatic rings. The molecule has 0 fully saturated rings. The van der Waals surface area contributed by atoms with Gasteiger partial charge in [-0.2, -0.15) is 0 Å². The van der Waals surface area contributed by atoms with Crippen LogP contribution in [0, 0.1) is 5.82 Å². The van der Waals surface area contributed by atoms with E-state index in [-0.39, 0.29) is 10.9 Å². The number of thiocarbonyl (C=S) groups is 1. The zero-order chi connectivity index (χ0) is 8.97. The van der Waals surface area contributed by atoms with Gasteiger partial charge in [-0.25, -0.2) is 4.39 Å². The fourth-order valence-electron chi connectivity index (χ4n) is 0.700. The van der Waals surface area contributed by atoms with Crippen LogP contribution in [0.1, 0.15) is 0 Å². The first-order valence-electron chi connectivity index (χ1n) is 3.25. The predicted octanol–water partition coefficient (Wildman–Crippen LogP) is 0.986. The number of nitrogens with one attached hydrogen (secondary N) is 2. The predicted molar refractivity (Wildman–Crippen MR) is 49.9 cm³/mol. The van der Waals surface area contributed by atoms with Crippen molar-refractivity contribution in [1.29, 1.82) is 0 Å². The van der Waals surface area contributed by atoms with Crippen LogP contribution < -0.4 is 16.6 Å². The number of halogens is 1. The van der Waals surface area contributed by atoms with Crippen molar-refractivity contribution in [1.82, 2.24) is 5.43 Å². The highest BCUT2D eigenvalue weighted by atomic mass is 32.1. The lowest BCUT2D eigenvalue weighted by Crippen LogP contribution is -2.33. The Labute approximate surface area is 74.7 Å². The molecule has 1 aromatic carbocycles. The van der Waals surface area contributed by atoms with E-state index in [1.165, 1.54) is 12.1 Å². The molecule has 5 heteroatoms. The fraction of sp³-hybridized carbons (Fsp3) is 0. The fourth-order valence-corrected chi connectivity index (χ4v) is 0.751. The van der Waals surface area contributed by atoms with Crippen molar-refractivity contribution in [3.8, 4) is 0 Å². The zero-order valence-corrected chi connectivity index (χ0v) is 6.99. The highest BCUT2D eigenvalue weighted by molar-refractivity contribution is 7.80. The van der Waals surface area contributed by atoms with Gasteiger partial charge in [0.05, 0.1) is 5.69 Å². The molecule has 0 spiro atoms. The number of benzene rings is 1. The van der Waals surface area contributed by atoms with Crippen molar-refractivity contribution in [2.75, 3.05) is 5.43 Å². The quantitative estimate of drug-likeness (QED) is 0.475. The van der Waals surface area contributed by atoms with Gasteiger partial charge in [-0.1, -0.05) is 6.07 Å². The maximum Gasteiger partial charge on any atom is 0.182 e. The molecule has 0 aliphatic rings. The van der Waals surface area contributed by atoms with Gasteiger partial charge < -0.3 is 5.73 Å². The van der Waals surface area contributed by atoms with Crippen molar-refractivity contribution in [3.05, 3.63) is 30.1 Å². The highest BCUT2D eigenvalue weighted by Crippen LogP contribution is 2.06. The Kier molecular flexibility index (Phi) is 2.82. The third kappa shape index (κ3) is 2.71. The summed E-state index contributed by atoms with van der Waals surface area (Å²) in [7, 11) is 0. The Hall–Kier alpha value is -1.36. The largest absolute Gasteiger partial charge is 0.375 e. The molecule has 0 aliphatic heterocycles. The van der Waals surface area contributed by atoms with Crippen LogP contribution in [0.15, 0.2) is 24.3 Å². The molecule has 3 nitrogen and oxygen atoms in total. The lowest BCUT2D eigenvalue weighted by atomic mass is 10.3. The monoisotopic (exact) mass is 185 g/mol. The Morgan fingerprint density at radius 3 is 2.83 bits per heavy atom. The third-order valence-corrected chi connectivity index (χ3v) is 1.26. The highest BCUT2D eigenvalue weighted by Gasteiger charge is 1.92. The molecule has 0 radical (unpaired) electrons. The molecule has 64 valence electrons. The molecule has 0 unspecified atom stereocenters. The molecular formula is C7H8FN3S. The van der Waals surface area contributed by atoms with Crippen molar-refractivity contribution in [2.24, 2.45) is 5.73 Å². The van der Waals surface area contributed by atoms with Gasteiger partial charge in [0.1, 0.15) is 5.82 Å². The van der Waals surface area contributed by atoms with Crippen LogP contribution in [0.3, 0.4) is 0 Å². The van der Waals surface area contributed by atoms with Gasteiger partial charge in [-0.15, -0.1) is 0 Å². The first kappa shape index (κ1) is 8.73. The average Bonchev–Trinajstić information content (AvgIpc) is 2.01. The van der Waals surface area contributed by atoms with Crippen molar-refractivity contribution in [2.45, 2.75) is 0 Å². The average molecular weight is 185 g/mol. The van der Waals surface area contributed by atoms with Gasteiger partial charge in [-0.05, 0) is 30.4 Å². The molecule has 0 saturated carbocycles. The molecule has 12 heavy (non-hydrogen) atoms. The summed E-state index contributed by atoms with van der Waals surface area (Å²) >= 11 is 4.54. The van der Waals surface area contributed by atoms with E-state index < -0.39 is 0 Å². The Morgan fingerprint density at radius 2 is 2.25 bits per heavy atom. The van der Waals surface area contributed by atoms with Gasteiger partial charge in [0, 0.05) is 0 Å². The van der Waals surface area contributed by atoms with Crippen molar-refractivity contribution >= 4 is 23.0 Å². The second-order valence-electron chi connectivity index (χ2n) is 2.12. The minimum absolute atomic E-state index is 0.110. The molecule has 0 aliphatic carbocycles. The first-order chi connectivity index (χ1) is 5.68. The van der Waals surface area contributed by atoms with Gasteiger partial charge in [0.25, 0.3) is 0 Å². The smallest absolute Gasteiger partial charge is 0.182 e. The molecular weight excluding hydrogens is 177 g/mol. The summed E-state index contributed by atoms with van der Waals surface area (Å²) in [6.07, 6.45) is 0. The Balaban J connectivity index is 2.57. The summed E-state index contributed by atoms with van der Waals surface area (Å²) in [5, 5.41) is 0.110. The molecule has 0 saturated heterocycles. The number of rotatable bonds is 2. The number of anilines is 1. The van der Waals surface area contributed by atoms with Crippen LogP contribution in [-0.2, 0) is 0 Å². The summed E-state index contributed by atoms with van der Waals surface area (Å²) in [6, 6.07) is 5.95. The summed E-state index contributed by atoms with van der Waals surface area (Å²) < 4.78 is 12.6. The van der Waals surface area contributed by atoms with Crippen molar-refractivity contribution < 1.29 is 4.39 Å². The molecule has 0 atom stereocenters. The molecule has 4 N–H and O–H groups in total. The van der Waals surface area contributed by atoms with E-state index in [1.807, 2.05) is 0 Å². The second-order valence-corrected chi connectivity index (χ2v) is 2.56. The number of hydrogen-bond acceptors (Lipinski definition) is 2. The van der Waals surface area contributed by atoms with E-state index in [1.54, 1.807) is 12.1 Å². The van der Waals surface area contributed by atoms with Crippen LogP contribution in [0.25, 0.3) is 0 Å². The Morgan fingerprint density at radius 1 is 1.50 bits per heavy atom. The van der Waals surface area contributed by atoms with Crippen LogP contribution in [0.2, 0.25) is 0 Å². The first-order valence-corrected chi connectivity index (χ1v) is 3.66. The summed E-state index contributed by atoms with van der Waals surface area (Å²) in [6.45, 7) is 0. The van der Waals surface area contributed by atoms with E-state index in [2.05, 4.69) is 23.1 Å². The SMILES string of the molecule is NC(=S)NNc1cccc(F)c1. The van der Waals surface area contributed by atoms with E-state index in [0.717, 1.165) is 0 Å². The number of nitrogens with two attached hydrogens (primary N) is 1. The van der Waals surface area contributed by atoms with E-state index in [4.69, 9.17) is 5.73 Å². The van der Waals surface area contributed by atoms with Gasteiger partial charge >= 0.3 is 0 Å². The molecule has 0 heterocycles. The van der Waals surface area contributed by atoms with Crippen molar-refractivity contribution in [3.63, 3.8) is 0 Å². The second kappa shape index (κ2) is 3.87. The molecule has 0 bridgehead atoms. The van der Waals surface area contributed by atoms with Gasteiger partial charge in [0.2, 0.25) is 0 Å². The van der Waals surface area contributed by atoms with Crippen LogP contribution in [-0.4, -0.2) is 5.11 Å². The minimum atomic E-state index is -0.315. The zero-order valence-electron chi connectivity index (χ0n) is 6.17. The lowest BCUT2D eigenvalue weighted by Gasteiger charge is -2.06. The van der Waals surface area contributed by atoms with E-state index in [9.17, 15) is 4.39 Å². The molecule has 0 aromatic heterocycles. The molecule has 1 rings (SSSR count). The standard InChI is InChI=1S/C7H8FN3S/c8-5-2-1-3-6(4-5)10-11-7(9)12/h1-4,10H,(H3,9,11,12). The van der Waals surface area contributed by atoms with Gasteiger partial charge in [-0.3, -0.25) is 10.9 Å². The van der Waals surface area contributed by atoms with Gasteiger partial charge in [0.15, 0.2) is 5.11 Å². The van der Waals surface area contributed by atoms with Crippen LogP contribution in [0.4, 0.5) is 10.1 Å². The number of hydrogen-bond donors (Lipinski definition) is 3. The normalized spacial score (nSPS) is 9.08. The molecule has 0 amide bonds. The van der Waals surface area contributed by atoms with E-state index in [0.29, 0.717) is 5.69 Å². The van der Waals surface area contributed by atoms with E-state index >= 15 is 0 Å². The number of hydrazine groups is 1. The van der Waals surface area contributed by atoms with Crippen LogP contribution in [0.5, 0.6) is 0 Å². The maximum atomic E-state index is 12.6. The topological polar surface area (TPSA) is 50.1 Å². The lowest BCUT2D eigenvalue weighted by molar-refractivity contribution is 0.628. The summed E-state index contributed by atoms with van der Waals surface area (Å²) in [5.74, 6) is -0.315. The summed E-state index contributed by atoms with van der Waals surface area (Å²) in [5.41, 5.74) is 10.8. The van der Waals surface area contributed by atoms with Crippen LogP contribution >= 0.6 is 12.2 Å².